The molecule has 1 aliphatic heterocycles. The van der Waals surface area contributed by atoms with Gasteiger partial charge in [0.05, 0.1) is 0 Å². The maximum atomic E-state index is 10.5. The third kappa shape index (κ3) is 2.49. The summed E-state index contributed by atoms with van der Waals surface area (Å²) in [5, 5.41) is 12.0. The number of fused-ring (bicyclic) bond motifs is 1. The number of nitrogens with one attached hydrogen (secondary N) is 1. The molecule has 0 unspecified atom stereocenters. The molecule has 0 radical (unpaired) electrons. The van der Waals surface area contributed by atoms with Gasteiger partial charge in [0.25, 0.3) is 0 Å². The molecule has 1 aromatic carbocycles. The number of hydrogen-bond acceptors (Lipinski definition) is 2. The molecule has 0 fully saturated rings. The van der Waals surface area contributed by atoms with Crippen LogP contribution in [0.4, 0.5) is 5.69 Å². The number of carboxylic acids is 1. The van der Waals surface area contributed by atoms with Crippen LogP contribution in [0.1, 0.15) is 24.8 Å². The molecule has 3 heteroatoms. The Hall–Kier alpha value is -1.51. The monoisotopic (exact) mass is 205 g/mol. The van der Waals surface area contributed by atoms with Crippen molar-refractivity contribution in [1.82, 2.24) is 0 Å². The van der Waals surface area contributed by atoms with E-state index in [4.69, 9.17) is 5.11 Å². The Morgan fingerprint density at radius 2 is 2.27 bits per heavy atom. The Labute approximate surface area is 89.1 Å². The van der Waals surface area contributed by atoms with Crippen LogP contribution in [-0.2, 0) is 11.2 Å². The summed E-state index contributed by atoms with van der Waals surface area (Å²) in [6.07, 6.45) is 3.04. The molecule has 1 aliphatic rings. The maximum Gasteiger partial charge on any atom is 0.303 e. The van der Waals surface area contributed by atoms with Crippen molar-refractivity contribution < 1.29 is 9.90 Å². The number of aliphatic carboxylic acids is 1. The molecule has 1 aromatic rings. The minimum Gasteiger partial charge on any atom is -0.481 e. The van der Waals surface area contributed by atoms with Crippen LogP contribution in [0.5, 0.6) is 0 Å². The van der Waals surface area contributed by atoms with E-state index >= 15 is 0 Å². The van der Waals surface area contributed by atoms with Crippen molar-refractivity contribution in [2.45, 2.75) is 31.7 Å². The lowest BCUT2D eigenvalue weighted by atomic mass is 9.95. The Balaban J connectivity index is 1.96. The molecule has 0 bridgehead atoms. The summed E-state index contributed by atoms with van der Waals surface area (Å²) in [6, 6.07) is 8.54. The first-order chi connectivity index (χ1) is 7.25. The lowest BCUT2D eigenvalue weighted by molar-refractivity contribution is -0.137. The number of anilines is 1. The van der Waals surface area contributed by atoms with Crippen LogP contribution in [0.2, 0.25) is 0 Å². The van der Waals surface area contributed by atoms with Gasteiger partial charge in [-0.1, -0.05) is 18.2 Å². The van der Waals surface area contributed by atoms with Gasteiger partial charge in [0.1, 0.15) is 0 Å². The number of para-hydroxylation sites is 1. The summed E-state index contributed by atoms with van der Waals surface area (Å²) in [5.41, 5.74) is 2.50. The molecular weight excluding hydrogens is 190 g/mol. The van der Waals surface area contributed by atoms with E-state index in [-0.39, 0.29) is 6.42 Å². The number of hydrogen-bond donors (Lipinski definition) is 2. The van der Waals surface area contributed by atoms with Crippen LogP contribution in [0.15, 0.2) is 24.3 Å². The van der Waals surface area contributed by atoms with Crippen molar-refractivity contribution in [1.29, 1.82) is 0 Å². The second-order valence-corrected chi connectivity index (χ2v) is 3.97. The molecule has 0 aliphatic carbocycles. The van der Waals surface area contributed by atoms with Crippen molar-refractivity contribution in [2.75, 3.05) is 5.32 Å². The van der Waals surface area contributed by atoms with Crippen molar-refractivity contribution in [2.24, 2.45) is 0 Å². The first-order valence-corrected chi connectivity index (χ1v) is 5.32. The molecule has 2 N–H and O–H groups in total. The Morgan fingerprint density at radius 1 is 1.47 bits per heavy atom. The van der Waals surface area contributed by atoms with Gasteiger partial charge in [0, 0.05) is 18.2 Å². The maximum absolute atomic E-state index is 10.5. The summed E-state index contributed by atoms with van der Waals surface area (Å²) < 4.78 is 0. The second kappa shape index (κ2) is 4.34. The largest absolute Gasteiger partial charge is 0.481 e. The number of aryl methyl sites for hydroxylation is 1. The molecule has 15 heavy (non-hydrogen) atoms. The summed E-state index contributed by atoms with van der Waals surface area (Å²) in [5.74, 6) is -0.712. The van der Waals surface area contributed by atoms with Gasteiger partial charge in [-0.3, -0.25) is 4.79 Å². The van der Waals surface area contributed by atoms with Crippen LogP contribution >= 0.6 is 0 Å². The lowest BCUT2D eigenvalue weighted by Gasteiger charge is -2.26. The van der Waals surface area contributed by atoms with Crippen LogP contribution in [-0.4, -0.2) is 17.1 Å². The van der Waals surface area contributed by atoms with E-state index in [0.29, 0.717) is 12.5 Å². The van der Waals surface area contributed by atoms with Crippen molar-refractivity contribution in [3.63, 3.8) is 0 Å². The molecule has 3 nitrogen and oxygen atoms in total. The fourth-order valence-electron chi connectivity index (χ4n) is 2.02. The Kier molecular flexibility index (Phi) is 2.90. The van der Waals surface area contributed by atoms with Gasteiger partial charge in [-0.2, -0.15) is 0 Å². The predicted molar refractivity (Wildman–Crippen MR) is 59.0 cm³/mol. The van der Waals surface area contributed by atoms with Crippen molar-refractivity contribution in [3.8, 4) is 0 Å². The van der Waals surface area contributed by atoms with E-state index in [9.17, 15) is 4.79 Å². The zero-order chi connectivity index (χ0) is 10.7. The zero-order valence-corrected chi connectivity index (χ0v) is 8.57. The molecule has 0 spiro atoms. The Morgan fingerprint density at radius 3 is 3.07 bits per heavy atom. The molecule has 1 atom stereocenters. The summed E-state index contributed by atoms with van der Waals surface area (Å²) >= 11 is 0. The van der Waals surface area contributed by atoms with Crippen molar-refractivity contribution in [3.05, 3.63) is 29.8 Å². The SMILES string of the molecule is O=C(O)CC[C@@H]1CCc2ccccc2N1. The third-order valence-corrected chi connectivity index (χ3v) is 2.85. The van der Waals surface area contributed by atoms with Gasteiger partial charge in [-0.05, 0) is 30.9 Å². The van der Waals surface area contributed by atoms with Gasteiger partial charge < -0.3 is 10.4 Å². The molecule has 0 amide bonds. The van der Waals surface area contributed by atoms with Gasteiger partial charge >= 0.3 is 5.97 Å². The summed E-state index contributed by atoms with van der Waals surface area (Å²) in [6.45, 7) is 0. The molecule has 2 rings (SSSR count). The summed E-state index contributed by atoms with van der Waals surface area (Å²) in [4.78, 5) is 10.5. The second-order valence-electron chi connectivity index (χ2n) is 3.97. The standard InChI is InChI=1S/C12H15NO2/c14-12(15)8-7-10-6-5-9-3-1-2-4-11(9)13-10/h1-4,10,13H,5-8H2,(H,14,15)/t10-/m0/s1. The van der Waals surface area contributed by atoms with Crippen LogP contribution in [0.25, 0.3) is 0 Å². The van der Waals surface area contributed by atoms with Gasteiger partial charge in [-0.25, -0.2) is 0 Å². The summed E-state index contributed by atoms with van der Waals surface area (Å²) in [7, 11) is 0. The predicted octanol–water partition coefficient (Wildman–Crippen LogP) is 2.28. The van der Waals surface area contributed by atoms with Gasteiger partial charge in [-0.15, -0.1) is 0 Å². The number of rotatable bonds is 3. The average molecular weight is 205 g/mol. The molecular formula is C12H15NO2. The fourth-order valence-corrected chi connectivity index (χ4v) is 2.02. The highest BCUT2D eigenvalue weighted by Gasteiger charge is 2.17. The number of carboxylic acid groups (broad SMARTS) is 1. The number of carbonyl (C=O) groups is 1. The van der Waals surface area contributed by atoms with E-state index in [1.807, 2.05) is 12.1 Å². The van der Waals surface area contributed by atoms with E-state index in [2.05, 4.69) is 17.4 Å². The van der Waals surface area contributed by atoms with E-state index < -0.39 is 5.97 Å². The van der Waals surface area contributed by atoms with Gasteiger partial charge in [0.2, 0.25) is 0 Å². The highest BCUT2D eigenvalue weighted by molar-refractivity contribution is 5.66. The number of benzene rings is 1. The average Bonchev–Trinajstić information content (AvgIpc) is 2.26. The fraction of sp³-hybridized carbons (Fsp3) is 0.417. The molecule has 1 heterocycles. The molecule has 0 aromatic heterocycles. The topological polar surface area (TPSA) is 49.3 Å². The molecule has 0 saturated carbocycles. The highest BCUT2D eigenvalue weighted by atomic mass is 16.4. The van der Waals surface area contributed by atoms with Crippen molar-refractivity contribution >= 4 is 11.7 Å². The van der Waals surface area contributed by atoms with Gasteiger partial charge in [0.15, 0.2) is 0 Å². The van der Waals surface area contributed by atoms with Crippen LogP contribution in [0.3, 0.4) is 0 Å². The minimum absolute atomic E-state index is 0.250. The lowest BCUT2D eigenvalue weighted by Crippen LogP contribution is -2.26. The minimum atomic E-state index is -0.712. The third-order valence-electron chi connectivity index (χ3n) is 2.85. The van der Waals surface area contributed by atoms with Crippen LogP contribution in [0, 0.1) is 0 Å². The molecule has 80 valence electrons. The normalized spacial score (nSPS) is 19.1. The first kappa shape index (κ1) is 10.0. The smallest absolute Gasteiger partial charge is 0.303 e. The van der Waals surface area contributed by atoms with E-state index in [1.54, 1.807) is 0 Å². The molecule has 0 saturated heterocycles. The zero-order valence-electron chi connectivity index (χ0n) is 8.57. The van der Waals surface area contributed by atoms with Crippen LogP contribution < -0.4 is 5.32 Å². The first-order valence-electron chi connectivity index (χ1n) is 5.32. The Bertz CT molecular complexity index is 362. The van der Waals surface area contributed by atoms with E-state index in [0.717, 1.165) is 12.8 Å². The van der Waals surface area contributed by atoms with E-state index in [1.165, 1.54) is 11.3 Å². The quantitative estimate of drug-likeness (QED) is 0.795. The highest BCUT2D eigenvalue weighted by Crippen LogP contribution is 2.25.